The zero-order valence-corrected chi connectivity index (χ0v) is 24.6. The molecule has 39 heavy (non-hydrogen) atoms. The zero-order valence-electron chi connectivity index (χ0n) is 24.6. The standard InChI is InChI=1S/C29H48N4O6/c1-8-9-10-11-12-13-17-33(26(37)22(19-23(30)35)31-27(38)39-29(5,6)7)24(25(36)32-28(2,3)4)20-15-14-16-21(34)18-20/h14-16,18,22,24,34H,8-13,17,19H2,1-7H3,(H2,30,35)(H,31,38)(H,32,36). The summed E-state index contributed by atoms with van der Waals surface area (Å²) in [6, 6.07) is 3.67. The Hall–Kier alpha value is -3.30. The predicted octanol–water partition coefficient (Wildman–Crippen LogP) is 4.31. The lowest BCUT2D eigenvalue weighted by molar-refractivity contribution is -0.144. The third-order valence-corrected chi connectivity index (χ3v) is 5.67. The summed E-state index contributed by atoms with van der Waals surface area (Å²) in [5.74, 6) is -1.96. The number of amides is 4. The largest absolute Gasteiger partial charge is 0.508 e. The van der Waals surface area contributed by atoms with Crippen LogP contribution in [-0.2, 0) is 19.1 Å². The zero-order chi connectivity index (χ0) is 29.8. The van der Waals surface area contributed by atoms with Gasteiger partial charge < -0.3 is 31.1 Å². The summed E-state index contributed by atoms with van der Waals surface area (Å²) in [4.78, 5) is 53.5. The van der Waals surface area contributed by atoms with Crippen molar-refractivity contribution >= 4 is 23.8 Å². The van der Waals surface area contributed by atoms with Crippen LogP contribution in [0.5, 0.6) is 5.75 Å². The summed E-state index contributed by atoms with van der Waals surface area (Å²) in [5, 5.41) is 15.6. The van der Waals surface area contributed by atoms with Crippen LogP contribution >= 0.6 is 0 Å². The van der Waals surface area contributed by atoms with E-state index in [1.807, 2.05) is 20.8 Å². The first kappa shape index (κ1) is 33.7. The Morgan fingerprint density at radius 1 is 1.00 bits per heavy atom. The van der Waals surface area contributed by atoms with Crippen molar-refractivity contribution in [3.8, 4) is 5.75 Å². The molecule has 220 valence electrons. The highest BCUT2D eigenvalue weighted by molar-refractivity contribution is 5.94. The Labute approximate surface area is 233 Å². The number of nitrogens with zero attached hydrogens (tertiary/aromatic N) is 1. The predicted molar refractivity (Wildman–Crippen MR) is 151 cm³/mol. The first-order valence-corrected chi connectivity index (χ1v) is 13.7. The lowest BCUT2D eigenvalue weighted by atomic mass is 9.99. The molecule has 1 aromatic rings. The summed E-state index contributed by atoms with van der Waals surface area (Å²) < 4.78 is 5.30. The summed E-state index contributed by atoms with van der Waals surface area (Å²) in [6.07, 6.45) is 4.33. The Morgan fingerprint density at radius 3 is 2.15 bits per heavy atom. The summed E-state index contributed by atoms with van der Waals surface area (Å²) in [6.45, 7) is 12.8. The number of ether oxygens (including phenoxy) is 1. The van der Waals surface area contributed by atoms with Gasteiger partial charge in [-0.05, 0) is 65.7 Å². The van der Waals surface area contributed by atoms with Gasteiger partial charge in [-0.25, -0.2) is 4.79 Å². The van der Waals surface area contributed by atoms with Gasteiger partial charge in [0, 0.05) is 12.1 Å². The molecule has 5 N–H and O–H groups in total. The van der Waals surface area contributed by atoms with Crippen LogP contribution in [0.4, 0.5) is 4.79 Å². The molecule has 0 radical (unpaired) electrons. The minimum absolute atomic E-state index is 0.0615. The van der Waals surface area contributed by atoms with E-state index in [4.69, 9.17) is 10.5 Å². The van der Waals surface area contributed by atoms with Gasteiger partial charge in [0.2, 0.25) is 17.7 Å². The van der Waals surface area contributed by atoms with E-state index in [2.05, 4.69) is 17.6 Å². The van der Waals surface area contributed by atoms with Crippen molar-refractivity contribution in [1.82, 2.24) is 15.5 Å². The maximum absolute atomic E-state index is 14.0. The van der Waals surface area contributed by atoms with E-state index < -0.39 is 53.5 Å². The monoisotopic (exact) mass is 548 g/mol. The van der Waals surface area contributed by atoms with E-state index in [1.165, 1.54) is 17.0 Å². The number of hydrogen-bond donors (Lipinski definition) is 4. The molecule has 0 aliphatic heterocycles. The lowest BCUT2D eigenvalue weighted by Gasteiger charge is -2.36. The van der Waals surface area contributed by atoms with Gasteiger partial charge in [0.1, 0.15) is 23.4 Å². The van der Waals surface area contributed by atoms with Gasteiger partial charge in [0.05, 0.1) is 6.42 Å². The third-order valence-electron chi connectivity index (χ3n) is 5.67. The molecule has 0 spiro atoms. The van der Waals surface area contributed by atoms with Crippen LogP contribution in [0.2, 0.25) is 0 Å². The first-order chi connectivity index (χ1) is 18.0. The van der Waals surface area contributed by atoms with Crippen molar-refractivity contribution in [2.24, 2.45) is 5.73 Å². The molecule has 0 aromatic heterocycles. The van der Waals surface area contributed by atoms with Crippen molar-refractivity contribution in [3.63, 3.8) is 0 Å². The molecule has 0 aliphatic rings. The number of phenolic OH excluding ortho intramolecular Hbond substituents is 1. The molecule has 0 bridgehead atoms. The van der Waals surface area contributed by atoms with Crippen molar-refractivity contribution < 1.29 is 29.0 Å². The van der Waals surface area contributed by atoms with Gasteiger partial charge in [-0.1, -0.05) is 51.2 Å². The lowest BCUT2D eigenvalue weighted by Crippen LogP contribution is -2.55. The van der Waals surface area contributed by atoms with Crippen LogP contribution in [0.1, 0.15) is 105 Å². The van der Waals surface area contributed by atoms with Crippen LogP contribution in [0, 0.1) is 0 Å². The summed E-state index contributed by atoms with van der Waals surface area (Å²) in [5.41, 5.74) is 4.39. The van der Waals surface area contributed by atoms with Crippen LogP contribution in [0.3, 0.4) is 0 Å². The molecule has 10 nitrogen and oxygen atoms in total. The first-order valence-electron chi connectivity index (χ1n) is 13.7. The maximum Gasteiger partial charge on any atom is 0.408 e. The SMILES string of the molecule is CCCCCCCCN(C(=O)C(CC(N)=O)NC(=O)OC(C)(C)C)C(C(=O)NC(C)(C)C)c1cccc(O)c1. The van der Waals surface area contributed by atoms with Crippen LogP contribution in [0.15, 0.2) is 24.3 Å². The van der Waals surface area contributed by atoms with Gasteiger partial charge in [-0.2, -0.15) is 0 Å². The number of primary amides is 1. The molecule has 0 saturated heterocycles. The Kier molecular flexibility index (Phi) is 13.3. The van der Waals surface area contributed by atoms with Crippen molar-refractivity contribution in [2.75, 3.05) is 6.54 Å². The van der Waals surface area contributed by atoms with E-state index in [1.54, 1.807) is 32.9 Å². The van der Waals surface area contributed by atoms with Crippen LogP contribution in [0.25, 0.3) is 0 Å². The Balaban J connectivity index is 3.48. The van der Waals surface area contributed by atoms with Crippen LogP contribution in [-0.4, -0.2) is 57.5 Å². The van der Waals surface area contributed by atoms with E-state index in [0.29, 0.717) is 12.0 Å². The molecule has 4 amide bonds. The van der Waals surface area contributed by atoms with E-state index in [9.17, 15) is 24.3 Å². The highest BCUT2D eigenvalue weighted by Gasteiger charge is 2.37. The van der Waals surface area contributed by atoms with Crippen molar-refractivity contribution in [2.45, 2.75) is 117 Å². The molecule has 0 saturated carbocycles. The number of carbonyl (C=O) groups excluding carboxylic acids is 4. The van der Waals surface area contributed by atoms with Gasteiger partial charge in [-0.3, -0.25) is 14.4 Å². The third kappa shape index (κ3) is 13.4. The van der Waals surface area contributed by atoms with Crippen molar-refractivity contribution in [1.29, 1.82) is 0 Å². The van der Waals surface area contributed by atoms with Gasteiger partial charge >= 0.3 is 6.09 Å². The second kappa shape index (κ2) is 15.3. The number of aromatic hydroxyl groups is 1. The molecule has 1 rings (SSSR count). The number of hydrogen-bond acceptors (Lipinski definition) is 6. The van der Waals surface area contributed by atoms with Crippen LogP contribution < -0.4 is 16.4 Å². The highest BCUT2D eigenvalue weighted by atomic mass is 16.6. The minimum atomic E-state index is -1.35. The number of benzene rings is 1. The topological polar surface area (TPSA) is 151 Å². The number of rotatable bonds is 14. The maximum atomic E-state index is 14.0. The summed E-state index contributed by atoms with van der Waals surface area (Å²) >= 11 is 0. The molecule has 2 atom stereocenters. The molecule has 1 aromatic carbocycles. The molecule has 0 heterocycles. The fourth-order valence-corrected chi connectivity index (χ4v) is 4.09. The number of phenols is 1. The van der Waals surface area contributed by atoms with Gasteiger partial charge in [-0.15, -0.1) is 0 Å². The number of carbonyl (C=O) groups is 4. The average Bonchev–Trinajstić information content (AvgIpc) is 2.76. The van der Waals surface area contributed by atoms with E-state index >= 15 is 0 Å². The normalized spacial score (nSPS) is 13.2. The molecular formula is C29H48N4O6. The highest BCUT2D eigenvalue weighted by Crippen LogP contribution is 2.27. The van der Waals surface area contributed by atoms with E-state index in [-0.39, 0.29) is 12.3 Å². The van der Waals surface area contributed by atoms with Gasteiger partial charge in [0.25, 0.3) is 0 Å². The second-order valence-corrected chi connectivity index (χ2v) is 11.9. The van der Waals surface area contributed by atoms with Gasteiger partial charge in [0.15, 0.2) is 0 Å². The number of alkyl carbamates (subject to hydrolysis) is 1. The molecule has 2 unspecified atom stereocenters. The quantitative estimate of drug-likeness (QED) is 0.254. The Morgan fingerprint density at radius 2 is 1.62 bits per heavy atom. The Bertz CT molecular complexity index is 967. The molecular weight excluding hydrogens is 500 g/mol. The molecule has 0 aliphatic carbocycles. The fourth-order valence-electron chi connectivity index (χ4n) is 4.09. The van der Waals surface area contributed by atoms with Crippen molar-refractivity contribution in [3.05, 3.63) is 29.8 Å². The minimum Gasteiger partial charge on any atom is -0.508 e. The average molecular weight is 549 g/mol. The molecule has 0 fully saturated rings. The number of nitrogens with two attached hydrogens (primary N) is 1. The number of nitrogens with one attached hydrogen (secondary N) is 2. The second-order valence-electron chi connectivity index (χ2n) is 11.9. The fraction of sp³-hybridized carbons (Fsp3) is 0.655. The smallest absolute Gasteiger partial charge is 0.408 e. The van der Waals surface area contributed by atoms with E-state index in [0.717, 1.165) is 32.1 Å². The number of unbranched alkanes of at least 4 members (excludes halogenated alkanes) is 5. The molecule has 10 heteroatoms. The summed E-state index contributed by atoms with van der Waals surface area (Å²) in [7, 11) is 0.